The van der Waals surface area contributed by atoms with E-state index in [1.807, 2.05) is 32.0 Å². The van der Waals surface area contributed by atoms with Gasteiger partial charge in [-0.05, 0) is 81.3 Å². The molecule has 0 radical (unpaired) electrons. The van der Waals surface area contributed by atoms with Crippen molar-refractivity contribution in [3.63, 3.8) is 0 Å². The van der Waals surface area contributed by atoms with Crippen molar-refractivity contribution in [2.24, 2.45) is 5.92 Å². The summed E-state index contributed by atoms with van der Waals surface area (Å²) in [4.78, 5) is 6.86. The third-order valence-electron chi connectivity index (χ3n) is 7.39. The zero-order valence-electron chi connectivity index (χ0n) is 22.7. The summed E-state index contributed by atoms with van der Waals surface area (Å²) in [5.74, 6) is 1.98. The number of fused-ring (bicyclic) bond motifs is 1. The van der Waals surface area contributed by atoms with Crippen LogP contribution in [-0.4, -0.2) is 54.9 Å². The molecule has 2 aliphatic rings. The Bertz CT molecular complexity index is 1480. The number of nitrogens with one attached hydrogen (secondary N) is 1. The molecule has 5 rings (SSSR count). The van der Waals surface area contributed by atoms with Crippen LogP contribution in [0.4, 0.5) is 0 Å². The minimum absolute atomic E-state index is 0.0515. The van der Waals surface area contributed by atoms with Crippen LogP contribution in [0.3, 0.4) is 0 Å². The Balaban J connectivity index is 1.35. The molecule has 0 amide bonds. The highest BCUT2D eigenvalue weighted by atomic mass is 32.2. The molecule has 10 heteroatoms. The molecule has 0 saturated carbocycles. The molecular formula is C29H35N5O4S. The van der Waals surface area contributed by atoms with Gasteiger partial charge in [-0.25, -0.2) is 13.1 Å². The number of hydrogen-bond acceptors (Lipinski definition) is 8. The smallest absolute Gasteiger partial charge is 0.258 e. The Morgan fingerprint density at radius 3 is 2.85 bits per heavy atom. The number of ether oxygens (including phenoxy) is 1. The van der Waals surface area contributed by atoms with Crippen LogP contribution in [-0.2, 0) is 16.4 Å². The van der Waals surface area contributed by atoms with Crippen molar-refractivity contribution in [3.8, 4) is 34.7 Å². The Morgan fingerprint density at radius 2 is 2.10 bits per heavy atom. The maximum absolute atomic E-state index is 13.0. The van der Waals surface area contributed by atoms with Gasteiger partial charge in [0.05, 0.1) is 17.4 Å². The van der Waals surface area contributed by atoms with Crippen LogP contribution in [0, 0.1) is 17.2 Å². The van der Waals surface area contributed by atoms with E-state index in [2.05, 4.69) is 32.8 Å². The molecule has 0 unspecified atom stereocenters. The van der Waals surface area contributed by atoms with Crippen molar-refractivity contribution in [1.82, 2.24) is 19.8 Å². The summed E-state index contributed by atoms with van der Waals surface area (Å²) in [6, 6.07) is 12.9. The summed E-state index contributed by atoms with van der Waals surface area (Å²) < 4.78 is 40.2. The SMILES string of the molecule is CC(C)Oc1ccc(-c2nc(-c3cccc4c3CCC[C@H]4NS(=O)(=O)CCN3CC[C@@H](C)C3)no2)cc1C#N. The van der Waals surface area contributed by atoms with Gasteiger partial charge in [0.2, 0.25) is 15.8 Å². The minimum Gasteiger partial charge on any atom is -0.490 e. The fraction of sp³-hybridized carbons (Fsp3) is 0.483. The van der Waals surface area contributed by atoms with Crippen LogP contribution >= 0.6 is 0 Å². The number of sulfonamides is 1. The Morgan fingerprint density at radius 1 is 1.26 bits per heavy atom. The molecule has 39 heavy (non-hydrogen) atoms. The molecule has 1 N–H and O–H groups in total. The summed E-state index contributed by atoms with van der Waals surface area (Å²) in [5.41, 5.74) is 3.86. The molecule has 0 spiro atoms. The van der Waals surface area contributed by atoms with E-state index < -0.39 is 10.0 Å². The molecule has 2 heterocycles. The standard InChI is InChI=1S/C29H35N5O4S/c1-19(2)37-27-11-10-21(16-22(27)17-30)29-31-28(32-38-29)25-8-4-7-24-23(25)6-5-9-26(24)33-39(35,36)15-14-34-13-12-20(3)18-34/h4,7-8,10-11,16,19-20,26,33H,5-6,9,12-15,18H2,1-3H3/t20-,26-/m1/s1. The molecule has 1 aromatic heterocycles. The highest BCUT2D eigenvalue weighted by Crippen LogP contribution is 2.36. The summed E-state index contributed by atoms with van der Waals surface area (Å²) in [6.07, 6.45) is 3.48. The largest absolute Gasteiger partial charge is 0.490 e. The first-order chi connectivity index (χ1) is 18.7. The molecular weight excluding hydrogens is 514 g/mol. The van der Waals surface area contributed by atoms with E-state index in [9.17, 15) is 13.7 Å². The lowest BCUT2D eigenvalue weighted by Gasteiger charge is -2.28. The van der Waals surface area contributed by atoms with Crippen LogP contribution in [0.2, 0.25) is 0 Å². The van der Waals surface area contributed by atoms with Gasteiger partial charge in [0, 0.05) is 30.3 Å². The van der Waals surface area contributed by atoms with Gasteiger partial charge in [-0.3, -0.25) is 0 Å². The minimum atomic E-state index is -3.43. The quantitative estimate of drug-likeness (QED) is 0.408. The number of likely N-dealkylation sites (tertiary alicyclic amines) is 1. The van der Waals surface area contributed by atoms with Crippen LogP contribution in [0.5, 0.6) is 5.75 Å². The van der Waals surface area contributed by atoms with Crippen molar-refractivity contribution in [2.75, 3.05) is 25.4 Å². The average Bonchev–Trinajstić information content (AvgIpc) is 3.56. The average molecular weight is 550 g/mol. The number of rotatable bonds is 9. The Hall–Kier alpha value is -3.26. The summed E-state index contributed by atoms with van der Waals surface area (Å²) in [5, 5.41) is 13.8. The molecule has 1 saturated heterocycles. The van der Waals surface area contributed by atoms with Gasteiger partial charge in [0.15, 0.2) is 0 Å². The summed E-state index contributed by atoms with van der Waals surface area (Å²) in [7, 11) is -3.43. The molecule has 1 aliphatic carbocycles. The first-order valence-electron chi connectivity index (χ1n) is 13.6. The zero-order chi connectivity index (χ0) is 27.6. The van der Waals surface area contributed by atoms with E-state index in [1.54, 1.807) is 18.2 Å². The van der Waals surface area contributed by atoms with E-state index >= 15 is 0 Å². The Kier molecular flexibility index (Phi) is 8.03. The van der Waals surface area contributed by atoms with E-state index in [0.717, 1.165) is 55.5 Å². The molecule has 9 nitrogen and oxygen atoms in total. The molecule has 2 aromatic carbocycles. The lowest BCUT2D eigenvalue weighted by Crippen LogP contribution is -2.36. The molecule has 1 fully saturated rings. The second-order valence-electron chi connectivity index (χ2n) is 10.9. The topological polar surface area (TPSA) is 121 Å². The molecule has 1 aliphatic heterocycles. The lowest BCUT2D eigenvalue weighted by atomic mass is 9.85. The van der Waals surface area contributed by atoms with Crippen molar-refractivity contribution >= 4 is 10.0 Å². The number of nitriles is 1. The number of hydrogen-bond donors (Lipinski definition) is 1. The number of nitrogens with zero attached hydrogens (tertiary/aromatic N) is 4. The first-order valence-corrected chi connectivity index (χ1v) is 15.3. The molecule has 3 aromatic rings. The van der Waals surface area contributed by atoms with Crippen molar-refractivity contribution in [3.05, 3.63) is 53.1 Å². The van der Waals surface area contributed by atoms with Gasteiger partial charge >= 0.3 is 0 Å². The van der Waals surface area contributed by atoms with E-state index in [1.165, 1.54) is 0 Å². The molecule has 206 valence electrons. The predicted octanol–water partition coefficient (Wildman–Crippen LogP) is 4.70. The van der Waals surface area contributed by atoms with Gasteiger partial charge in [-0.1, -0.05) is 30.3 Å². The predicted molar refractivity (Wildman–Crippen MR) is 148 cm³/mol. The number of benzene rings is 2. The van der Waals surface area contributed by atoms with Gasteiger partial charge in [-0.15, -0.1) is 0 Å². The maximum Gasteiger partial charge on any atom is 0.258 e. The van der Waals surface area contributed by atoms with Gasteiger partial charge < -0.3 is 14.2 Å². The second-order valence-corrected chi connectivity index (χ2v) is 12.7. The van der Waals surface area contributed by atoms with Gasteiger partial charge in [0.25, 0.3) is 5.89 Å². The zero-order valence-corrected chi connectivity index (χ0v) is 23.5. The second kappa shape index (κ2) is 11.5. The summed E-state index contributed by atoms with van der Waals surface area (Å²) >= 11 is 0. The fourth-order valence-electron chi connectivity index (χ4n) is 5.49. The Labute approximate surface area is 230 Å². The molecule has 2 atom stereocenters. The van der Waals surface area contributed by atoms with Crippen molar-refractivity contribution in [1.29, 1.82) is 5.26 Å². The normalized spacial score (nSPS) is 19.7. The highest BCUT2D eigenvalue weighted by molar-refractivity contribution is 7.89. The molecule has 0 bridgehead atoms. The fourth-order valence-corrected chi connectivity index (χ4v) is 6.79. The third-order valence-corrected chi connectivity index (χ3v) is 8.75. The van der Waals surface area contributed by atoms with Crippen molar-refractivity contribution < 1.29 is 17.7 Å². The van der Waals surface area contributed by atoms with Gasteiger partial charge in [0.1, 0.15) is 11.8 Å². The van der Waals surface area contributed by atoms with E-state index in [4.69, 9.17) is 9.26 Å². The number of aromatic nitrogens is 2. The van der Waals surface area contributed by atoms with Crippen LogP contribution in [0.15, 0.2) is 40.9 Å². The van der Waals surface area contributed by atoms with Crippen LogP contribution in [0.1, 0.15) is 62.8 Å². The van der Waals surface area contributed by atoms with E-state index in [-0.39, 0.29) is 17.9 Å². The highest BCUT2D eigenvalue weighted by Gasteiger charge is 2.28. The maximum atomic E-state index is 13.0. The van der Waals surface area contributed by atoms with Gasteiger partial charge in [-0.2, -0.15) is 10.2 Å². The monoisotopic (exact) mass is 549 g/mol. The first kappa shape index (κ1) is 27.3. The summed E-state index contributed by atoms with van der Waals surface area (Å²) in [6.45, 7) is 8.51. The van der Waals surface area contributed by atoms with Crippen LogP contribution < -0.4 is 9.46 Å². The lowest BCUT2D eigenvalue weighted by molar-refractivity contribution is 0.241. The van der Waals surface area contributed by atoms with E-state index in [0.29, 0.717) is 41.1 Å². The van der Waals surface area contributed by atoms with Crippen molar-refractivity contribution in [2.45, 2.75) is 58.6 Å². The third kappa shape index (κ3) is 6.32. The van der Waals surface area contributed by atoms with Crippen LogP contribution in [0.25, 0.3) is 22.8 Å².